The molecule has 0 spiro atoms. The van der Waals surface area contributed by atoms with Crippen LogP contribution in [0.15, 0.2) is 24.3 Å². The van der Waals surface area contributed by atoms with E-state index in [9.17, 15) is 19.8 Å². The van der Waals surface area contributed by atoms with Crippen LogP contribution in [-0.2, 0) is 9.59 Å². The summed E-state index contributed by atoms with van der Waals surface area (Å²) in [5.41, 5.74) is 5.56. The standard InChI is InChI=1S/C23H37ClN4O4/c1-15(21(31)26-13-23(4,5)32)10-19(29)17(25)11-27-12-20(30)28(14-22(27,2)3)18-9-7-6-8-16(18)24/h6-9,15,17,19,29,32H,10-14,25H2,1-5H3,(H,26,31)/t15-,17+,19+/m1/s1. The summed E-state index contributed by atoms with van der Waals surface area (Å²) in [6, 6.07) is 6.63. The number of nitrogens with zero attached hydrogens (tertiary/aromatic N) is 2. The molecule has 2 rings (SSSR count). The number of benzene rings is 1. The van der Waals surface area contributed by atoms with E-state index in [1.165, 1.54) is 0 Å². The largest absolute Gasteiger partial charge is 0.391 e. The maximum absolute atomic E-state index is 12.9. The summed E-state index contributed by atoms with van der Waals surface area (Å²) in [6.45, 7) is 10.0. The molecule has 2 amide bonds. The smallest absolute Gasteiger partial charge is 0.241 e. The van der Waals surface area contributed by atoms with Gasteiger partial charge in [0.15, 0.2) is 0 Å². The first kappa shape index (κ1) is 26.5. The molecule has 8 nitrogen and oxygen atoms in total. The molecule has 0 aromatic heterocycles. The molecule has 1 heterocycles. The Balaban J connectivity index is 1.96. The van der Waals surface area contributed by atoms with E-state index in [2.05, 4.69) is 5.32 Å². The molecule has 5 N–H and O–H groups in total. The third-order valence-corrected chi connectivity index (χ3v) is 6.15. The van der Waals surface area contributed by atoms with Crippen molar-refractivity contribution in [1.82, 2.24) is 10.2 Å². The van der Waals surface area contributed by atoms with Crippen LogP contribution in [0, 0.1) is 5.92 Å². The van der Waals surface area contributed by atoms with Gasteiger partial charge in [0, 0.05) is 37.1 Å². The Bertz CT molecular complexity index is 811. The van der Waals surface area contributed by atoms with Gasteiger partial charge in [0.1, 0.15) is 0 Å². The maximum Gasteiger partial charge on any atom is 0.241 e. The number of hydrogen-bond acceptors (Lipinski definition) is 6. The van der Waals surface area contributed by atoms with Gasteiger partial charge < -0.3 is 26.2 Å². The normalized spacial score (nSPS) is 20.0. The van der Waals surface area contributed by atoms with Gasteiger partial charge in [-0.05, 0) is 46.2 Å². The SMILES string of the molecule is C[C@H](C[C@H](O)[C@@H](N)CN1CC(=O)N(c2ccccc2Cl)CC1(C)C)C(=O)NCC(C)(C)O. The predicted octanol–water partition coefficient (Wildman–Crippen LogP) is 1.37. The van der Waals surface area contributed by atoms with E-state index < -0.39 is 23.7 Å². The lowest BCUT2D eigenvalue weighted by Crippen LogP contribution is -2.64. The van der Waals surface area contributed by atoms with Gasteiger partial charge in [-0.25, -0.2) is 0 Å². The van der Waals surface area contributed by atoms with Crippen LogP contribution >= 0.6 is 11.6 Å². The molecule has 9 heteroatoms. The molecular weight excluding hydrogens is 432 g/mol. The van der Waals surface area contributed by atoms with Crippen LogP contribution in [0.4, 0.5) is 5.69 Å². The van der Waals surface area contributed by atoms with E-state index >= 15 is 0 Å². The number of aliphatic hydroxyl groups is 2. The topological polar surface area (TPSA) is 119 Å². The van der Waals surface area contributed by atoms with Crippen molar-refractivity contribution >= 4 is 29.1 Å². The molecule has 1 aromatic carbocycles. The van der Waals surface area contributed by atoms with E-state index in [-0.39, 0.29) is 36.9 Å². The molecule has 1 aliphatic rings. The highest BCUT2D eigenvalue weighted by Crippen LogP contribution is 2.31. The van der Waals surface area contributed by atoms with E-state index in [1.54, 1.807) is 31.7 Å². The Morgan fingerprint density at radius 2 is 1.97 bits per heavy atom. The lowest BCUT2D eigenvalue weighted by atomic mass is 9.94. The van der Waals surface area contributed by atoms with Crippen LogP contribution in [0.2, 0.25) is 5.02 Å². The van der Waals surface area contributed by atoms with E-state index in [0.29, 0.717) is 23.8 Å². The van der Waals surface area contributed by atoms with Gasteiger partial charge in [0.25, 0.3) is 0 Å². The number of halogens is 1. The van der Waals surface area contributed by atoms with Crippen molar-refractivity contribution in [3.05, 3.63) is 29.3 Å². The van der Waals surface area contributed by atoms with Crippen molar-refractivity contribution in [2.24, 2.45) is 11.7 Å². The van der Waals surface area contributed by atoms with Crippen LogP contribution in [-0.4, -0.2) is 76.4 Å². The van der Waals surface area contributed by atoms with E-state index in [4.69, 9.17) is 17.3 Å². The van der Waals surface area contributed by atoms with Crippen molar-refractivity contribution in [2.75, 3.05) is 31.1 Å². The summed E-state index contributed by atoms with van der Waals surface area (Å²) in [5.74, 6) is -0.800. The van der Waals surface area contributed by atoms with Gasteiger partial charge in [-0.3, -0.25) is 14.5 Å². The number of rotatable bonds is 9. The maximum atomic E-state index is 12.9. The Labute approximate surface area is 195 Å². The summed E-state index contributed by atoms with van der Waals surface area (Å²) in [4.78, 5) is 28.8. The van der Waals surface area contributed by atoms with E-state index in [1.807, 2.05) is 36.9 Å². The van der Waals surface area contributed by atoms with Crippen molar-refractivity contribution < 1.29 is 19.8 Å². The van der Waals surface area contributed by atoms with Crippen molar-refractivity contribution in [3.63, 3.8) is 0 Å². The Hall–Kier alpha value is -1.71. The average molecular weight is 469 g/mol. The predicted molar refractivity (Wildman–Crippen MR) is 127 cm³/mol. The number of aliphatic hydroxyl groups excluding tert-OH is 1. The van der Waals surface area contributed by atoms with Gasteiger partial charge >= 0.3 is 0 Å². The Morgan fingerprint density at radius 3 is 2.56 bits per heavy atom. The van der Waals surface area contributed by atoms with Gasteiger partial charge in [-0.1, -0.05) is 30.7 Å². The number of amides is 2. The fraction of sp³-hybridized carbons (Fsp3) is 0.652. The number of piperazine rings is 1. The molecule has 32 heavy (non-hydrogen) atoms. The molecule has 0 unspecified atom stereocenters. The Kier molecular flexibility index (Phi) is 8.69. The fourth-order valence-corrected chi connectivity index (χ4v) is 3.98. The number of carbonyl (C=O) groups excluding carboxylic acids is 2. The number of anilines is 1. The molecule has 1 fully saturated rings. The molecule has 3 atom stereocenters. The number of hydrogen-bond donors (Lipinski definition) is 4. The highest BCUT2D eigenvalue weighted by atomic mass is 35.5. The van der Waals surface area contributed by atoms with Crippen LogP contribution in [0.25, 0.3) is 0 Å². The zero-order valence-electron chi connectivity index (χ0n) is 19.6. The number of carbonyl (C=O) groups is 2. The van der Waals surface area contributed by atoms with Gasteiger partial charge in [0.2, 0.25) is 11.8 Å². The van der Waals surface area contributed by atoms with Crippen LogP contribution in [0.3, 0.4) is 0 Å². The zero-order valence-corrected chi connectivity index (χ0v) is 20.4. The highest BCUT2D eigenvalue weighted by molar-refractivity contribution is 6.33. The second-order valence-corrected chi connectivity index (χ2v) is 10.4. The van der Waals surface area contributed by atoms with Crippen LogP contribution in [0.5, 0.6) is 0 Å². The first-order valence-corrected chi connectivity index (χ1v) is 11.3. The van der Waals surface area contributed by atoms with Gasteiger partial charge in [-0.15, -0.1) is 0 Å². The average Bonchev–Trinajstić information content (AvgIpc) is 2.68. The van der Waals surface area contributed by atoms with Crippen molar-refractivity contribution in [1.29, 1.82) is 0 Å². The molecule has 1 aromatic rings. The second kappa shape index (κ2) is 10.5. The lowest BCUT2D eigenvalue weighted by molar-refractivity contribution is -0.126. The first-order valence-electron chi connectivity index (χ1n) is 10.9. The first-order chi connectivity index (χ1) is 14.7. The van der Waals surface area contributed by atoms with Crippen molar-refractivity contribution in [2.45, 2.75) is 64.3 Å². The van der Waals surface area contributed by atoms with E-state index in [0.717, 1.165) is 0 Å². The van der Waals surface area contributed by atoms with Crippen molar-refractivity contribution in [3.8, 4) is 0 Å². The minimum Gasteiger partial charge on any atom is -0.391 e. The number of nitrogens with one attached hydrogen (secondary N) is 1. The monoisotopic (exact) mass is 468 g/mol. The summed E-state index contributed by atoms with van der Waals surface area (Å²) < 4.78 is 0. The molecular formula is C23H37ClN4O4. The highest BCUT2D eigenvalue weighted by Gasteiger charge is 2.40. The molecule has 0 saturated carbocycles. The summed E-state index contributed by atoms with van der Waals surface area (Å²) in [7, 11) is 0. The van der Waals surface area contributed by atoms with Crippen LogP contribution in [0.1, 0.15) is 41.0 Å². The minimum atomic E-state index is -1.01. The second-order valence-electron chi connectivity index (χ2n) is 10.0. The molecule has 0 aliphatic carbocycles. The van der Waals surface area contributed by atoms with Gasteiger partial charge in [0.05, 0.1) is 29.0 Å². The molecule has 1 aliphatic heterocycles. The van der Waals surface area contributed by atoms with Gasteiger partial charge in [-0.2, -0.15) is 0 Å². The number of nitrogens with two attached hydrogens (primary N) is 1. The minimum absolute atomic E-state index is 0.0847. The quantitative estimate of drug-likeness (QED) is 0.434. The summed E-state index contributed by atoms with van der Waals surface area (Å²) in [5, 5.41) is 23.6. The molecule has 0 radical (unpaired) electrons. The third-order valence-electron chi connectivity index (χ3n) is 5.83. The van der Waals surface area contributed by atoms with Crippen LogP contribution < -0.4 is 16.0 Å². The Morgan fingerprint density at radius 1 is 1.34 bits per heavy atom. The summed E-state index contributed by atoms with van der Waals surface area (Å²) in [6.07, 6.45) is -0.724. The zero-order chi connectivity index (χ0) is 24.3. The number of para-hydroxylation sites is 1. The fourth-order valence-electron chi connectivity index (χ4n) is 3.74. The summed E-state index contributed by atoms with van der Waals surface area (Å²) >= 11 is 6.29. The molecule has 180 valence electrons. The molecule has 1 saturated heterocycles. The third kappa shape index (κ3) is 7.15. The molecule has 0 bridgehead atoms. The lowest BCUT2D eigenvalue weighted by Gasteiger charge is -2.47.